The van der Waals surface area contributed by atoms with Gasteiger partial charge in [0.15, 0.2) is 0 Å². The van der Waals surface area contributed by atoms with E-state index in [2.05, 4.69) is 16.0 Å². The lowest BCUT2D eigenvalue weighted by atomic mass is 10.1. The van der Waals surface area contributed by atoms with Gasteiger partial charge in [0.25, 0.3) is 0 Å². The first kappa shape index (κ1) is 13.0. The van der Waals surface area contributed by atoms with Crippen LogP contribution in [0.4, 0.5) is 0 Å². The summed E-state index contributed by atoms with van der Waals surface area (Å²) in [5.74, 6) is 0.863. The molecule has 2 heterocycles. The van der Waals surface area contributed by atoms with Crippen molar-refractivity contribution in [3.05, 3.63) is 47.7 Å². The second-order valence-electron chi connectivity index (χ2n) is 4.95. The van der Waals surface area contributed by atoms with Gasteiger partial charge in [0.2, 0.25) is 0 Å². The molecule has 0 aliphatic rings. The molecule has 0 spiro atoms. The van der Waals surface area contributed by atoms with Crippen LogP contribution in [0.25, 0.3) is 22.2 Å². The van der Waals surface area contributed by atoms with Crippen LogP contribution < -0.4 is 4.74 Å². The third kappa shape index (κ3) is 2.49. The van der Waals surface area contributed by atoms with Crippen molar-refractivity contribution in [2.45, 2.75) is 20.0 Å². The van der Waals surface area contributed by atoms with E-state index >= 15 is 0 Å². The Kier molecular flexibility index (Phi) is 3.36. The van der Waals surface area contributed by atoms with Gasteiger partial charge in [-0.3, -0.25) is 0 Å². The van der Waals surface area contributed by atoms with Gasteiger partial charge in [-0.25, -0.2) is 4.98 Å². The smallest absolute Gasteiger partial charge is 0.137 e. The molecule has 20 heavy (non-hydrogen) atoms. The number of nitrogens with zero attached hydrogens (tertiary/aromatic N) is 1. The van der Waals surface area contributed by atoms with Crippen molar-refractivity contribution in [1.29, 1.82) is 0 Å². The molecule has 0 saturated carbocycles. The molecule has 1 aromatic carbocycles. The van der Waals surface area contributed by atoms with Crippen LogP contribution in [0.1, 0.15) is 13.8 Å². The molecule has 4 heteroatoms. The molecule has 3 rings (SSSR count). The summed E-state index contributed by atoms with van der Waals surface area (Å²) >= 11 is 6.03. The molecule has 3 aromatic rings. The Morgan fingerprint density at radius 2 is 2.10 bits per heavy atom. The summed E-state index contributed by atoms with van der Waals surface area (Å²) in [5, 5.41) is 1.65. The summed E-state index contributed by atoms with van der Waals surface area (Å²) in [6, 6.07) is 9.96. The highest BCUT2D eigenvalue weighted by Gasteiger charge is 2.09. The number of hydrogen-bond donors (Lipinski definition) is 1. The largest absolute Gasteiger partial charge is 0.491 e. The summed E-state index contributed by atoms with van der Waals surface area (Å²) in [7, 11) is 0. The zero-order valence-electron chi connectivity index (χ0n) is 11.4. The van der Waals surface area contributed by atoms with Crippen molar-refractivity contribution >= 4 is 22.6 Å². The zero-order chi connectivity index (χ0) is 14.1. The van der Waals surface area contributed by atoms with Gasteiger partial charge >= 0.3 is 0 Å². The van der Waals surface area contributed by atoms with Gasteiger partial charge in [0.1, 0.15) is 11.4 Å². The maximum absolute atomic E-state index is 6.03. The second-order valence-corrected chi connectivity index (χ2v) is 5.38. The third-order valence-electron chi connectivity index (χ3n) is 3.01. The van der Waals surface area contributed by atoms with Crippen molar-refractivity contribution < 1.29 is 4.74 Å². The van der Waals surface area contributed by atoms with Gasteiger partial charge in [0, 0.05) is 23.3 Å². The minimum atomic E-state index is 0.157. The highest BCUT2D eigenvalue weighted by atomic mass is 35.5. The number of hydrogen-bond acceptors (Lipinski definition) is 2. The van der Waals surface area contributed by atoms with E-state index in [1.54, 1.807) is 6.20 Å². The van der Waals surface area contributed by atoms with E-state index in [-0.39, 0.29) is 6.10 Å². The number of ether oxygens (including phenoxy) is 1. The molecular weight excluding hydrogens is 272 g/mol. The Morgan fingerprint density at radius 3 is 2.90 bits per heavy atom. The average molecular weight is 287 g/mol. The van der Waals surface area contributed by atoms with Crippen molar-refractivity contribution in [2.75, 3.05) is 0 Å². The van der Waals surface area contributed by atoms with Gasteiger partial charge < -0.3 is 9.72 Å². The first-order valence-electron chi connectivity index (χ1n) is 6.53. The quantitative estimate of drug-likeness (QED) is 0.760. The normalized spacial score (nSPS) is 11.2. The fourth-order valence-corrected chi connectivity index (χ4v) is 2.38. The lowest BCUT2D eigenvalue weighted by Gasteiger charge is -2.10. The molecule has 0 aliphatic carbocycles. The van der Waals surface area contributed by atoms with Crippen LogP contribution in [0.3, 0.4) is 0 Å². The van der Waals surface area contributed by atoms with Crippen LogP contribution >= 0.6 is 11.6 Å². The second kappa shape index (κ2) is 5.17. The fourth-order valence-electron chi connectivity index (χ4n) is 2.23. The number of benzene rings is 1. The van der Waals surface area contributed by atoms with Gasteiger partial charge in [-0.05, 0) is 37.6 Å². The van der Waals surface area contributed by atoms with Gasteiger partial charge in [-0.2, -0.15) is 0 Å². The SMILES string of the molecule is CC(C)Oc1cccc(-c2c[nH]c3ncc(Cl)cc23)c1. The number of fused-ring (bicyclic) bond motifs is 1. The van der Waals surface area contributed by atoms with Crippen molar-refractivity contribution in [1.82, 2.24) is 9.97 Å². The fraction of sp³-hybridized carbons (Fsp3) is 0.188. The summed E-state index contributed by atoms with van der Waals surface area (Å²) < 4.78 is 5.74. The summed E-state index contributed by atoms with van der Waals surface area (Å²) in [5.41, 5.74) is 2.99. The maximum atomic E-state index is 6.03. The Morgan fingerprint density at radius 1 is 1.25 bits per heavy atom. The number of halogens is 1. The molecule has 0 unspecified atom stereocenters. The molecule has 0 aliphatic heterocycles. The highest BCUT2D eigenvalue weighted by molar-refractivity contribution is 6.31. The molecule has 0 atom stereocenters. The predicted octanol–water partition coefficient (Wildman–Crippen LogP) is 4.67. The van der Waals surface area contributed by atoms with E-state index in [9.17, 15) is 0 Å². The number of pyridine rings is 1. The van der Waals surface area contributed by atoms with E-state index in [0.717, 1.165) is 27.9 Å². The first-order chi connectivity index (χ1) is 9.63. The van der Waals surface area contributed by atoms with Gasteiger partial charge in [0.05, 0.1) is 11.1 Å². The minimum Gasteiger partial charge on any atom is -0.491 e. The Balaban J connectivity index is 2.08. The number of H-pyrrole nitrogens is 1. The van der Waals surface area contributed by atoms with Crippen molar-refractivity contribution in [3.63, 3.8) is 0 Å². The Labute approximate surface area is 122 Å². The number of aromatic nitrogens is 2. The third-order valence-corrected chi connectivity index (χ3v) is 3.22. The molecule has 2 aromatic heterocycles. The zero-order valence-corrected chi connectivity index (χ0v) is 12.1. The van der Waals surface area contributed by atoms with Gasteiger partial charge in [-0.15, -0.1) is 0 Å². The number of rotatable bonds is 3. The van der Waals surface area contributed by atoms with E-state index in [0.29, 0.717) is 5.02 Å². The monoisotopic (exact) mass is 286 g/mol. The molecule has 0 amide bonds. The lowest BCUT2D eigenvalue weighted by Crippen LogP contribution is -2.05. The Bertz CT molecular complexity index is 749. The van der Waals surface area contributed by atoms with Crippen molar-refractivity contribution in [3.8, 4) is 16.9 Å². The molecule has 0 fully saturated rings. The average Bonchev–Trinajstić information content (AvgIpc) is 2.81. The van der Waals surface area contributed by atoms with Crippen LogP contribution in [0.2, 0.25) is 5.02 Å². The minimum absolute atomic E-state index is 0.157. The molecule has 3 nitrogen and oxygen atoms in total. The van der Waals surface area contributed by atoms with E-state index in [4.69, 9.17) is 16.3 Å². The van der Waals surface area contributed by atoms with Crippen LogP contribution in [-0.4, -0.2) is 16.1 Å². The Hall–Kier alpha value is -2.00. The molecule has 0 bridgehead atoms. The molecule has 0 saturated heterocycles. The van der Waals surface area contributed by atoms with Crippen LogP contribution in [-0.2, 0) is 0 Å². The number of nitrogens with one attached hydrogen (secondary N) is 1. The predicted molar refractivity (Wildman–Crippen MR) is 82.3 cm³/mol. The van der Waals surface area contributed by atoms with Crippen LogP contribution in [0.15, 0.2) is 42.7 Å². The standard InChI is InChI=1S/C16H15ClN2O/c1-10(2)20-13-5-3-4-11(6-13)15-9-19-16-14(15)7-12(17)8-18-16/h3-10H,1-2H3,(H,18,19). The van der Waals surface area contributed by atoms with E-state index in [1.807, 2.05) is 44.3 Å². The summed E-state index contributed by atoms with van der Waals surface area (Å²) in [4.78, 5) is 7.44. The lowest BCUT2D eigenvalue weighted by molar-refractivity contribution is 0.242. The summed E-state index contributed by atoms with van der Waals surface area (Å²) in [6.07, 6.45) is 3.75. The van der Waals surface area contributed by atoms with Crippen LogP contribution in [0, 0.1) is 0 Å². The molecule has 102 valence electrons. The topological polar surface area (TPSA) is 37.9 Å². The van der Waals surface area contributed by atoms with Gasteiger partial charge in [-0.1, -0.05) is 23.7 Å². The maximum Gasteiger partial charge on any atom is 0.137 e. The van der Waals surface area contributed by atoms with Crippen LogP contribution in [0.5, 0.6) is 5.75 Å². The molecule has 0 radical (unpaired) electrons. The molecule has 1 N–H and O–H groups in total. The van der Waals surface area contributed by atoms with Crippen molar-refractivity contribution in [2.24, 2.45) is 0 Å². The number of aromatic amines is 1. The highest BCUT2D eigenvalue weighted by Crippen LogP contribution is 2.31. The summed E-state index contributed by atoms with van der Waals surface area (Å²) in [6.45, 7) is 4.03. The first-order valence-corrected chi connectivity index (χ1v) is 6.91. The van der Waals surface area contributed by atoms with E-state index < -0.39 is 0 Å². The molecular formula is C16H15ClN2O. The van der Waals surface area contributed by atoms with E-state index in [1.165, 1.54) is 0 Å².